The number of carbonyl (C=O) groups is 1. The summed E-state index contributed by atoms with van der Waals surface area (Å²) in [5.74, 6) is 0.473. The van der Waals surface area contributed by atoms with Crippen molar-refractivity contribution in [3.8, 4) is 0 Å². The normalized spacial score (nSPS) is 21.4. The Morgan fingerprint density at radius 2 is 2.04 bits per heavy atom. The molecular weight excluding hydrogens is 398 g/mol. The van der Waals surface area contributed by atoms with Crippen molar-refractivity contribution in [2.45, 2.75) is 46.2 Å². The van der Waals surface area contributed by atoms with Crippen LogP contribution in [0.2, 0.25) is 5.02 Å². The predicted molar refractivity (Wildman–Crippen MR) is 111 cm³/mol. The van der Waals surface area contributed by atoms with Gasteiger partial charge in [-0.05, 0) is 42.2 Å². The van der Waals surface area contributed by atoms with Crippen LogP contribution in [-0.4, -0.2) is 10.8 Å². The topological polar surface area (TPSA) is 84.3 Å². The second kappa shape index (κ2) is 6.74. The third-order valence-corrected chi connectivity index (χ3v) is 7.27. The van der Waals surface area contributed by atoms with Gasteiger partial charge in [0.05, 0.1) is 10.5 Å². The quantitative estimate of drug-likeness (QED) is 0.510. The number of nitro groups is 1. The van der Waals surface area contributed by atoms with Gasteiger partial charge in [0, 0.05) is 16.5 Å². The minimum atomic E-state index is -0.519. The van der Waals surface area contributed by atoms with E-state index in [9.17, 15) is 14.9 Å². The first-order valence-electron chi connectivity index (χ1n) is 9.31. The van der Waals surface area contributed by atoms with Crippen LogP contribution in [-0.2, 0) is 12.8 Å². The molecule has 2 unspecified atom stereocenters. The molecule has 0 saturated heterocycles. The number of hydrogen-bond donors (Lipinski definition) is 2. The Morgan fingerprint density at radius 1 is 1.29 bits per heavy atom. The molecule has 0 spiro atoms. The molecule has 2 N–H and O–H groups in total. The van der Waals surface area contributed by atoms with Crippen LogP contribution >= 0.6 is 22.9 Å². The SMILES string of the molecule is CC(C)(C)C1CCc2c(sc3c2C(=O)NC(c2ccc(Cl)c([N+](=O)[O-])c2)N3)C1. The zero-order chi connectivity index (χ0) is 20.2. The van der Waals surface area contributed by atoms with Crippen LogP contribution in [0.25, 0.3) is 0 Å². The van der Waals surface area contributed by atoms with E-state index in [1.807, 2.05) is 0 Å². The summed E-state index contributed by atoms with van der Waals surface area (Å²) < 4.78 is 0. The number of nitrogens with one attached hydrogen (secondary N) is 2. The van der Waals surface area contributed by atoms with E-state index in [2.05, 4.69) is 31.4 Å². The van der Waals surface area contributed by atoms with Gasteiger partial charge in [-0.15, -0.1) is 11.3 Å². The molecule has 28 heavy (non-hydrogen) atoms. The van der Waals surface area contributed by atoms with E-state index in [0.29, 0.717) is 11.5 Å². The van der Waals surface area contributed by atoms with E-state index in [1.165, 1.54) is 17.0 Å². The molecule has 4 rings (SSSR count). The van der Waals surface area contributed by atoms with Gasteiger partial charge in [0.1, 0.15) is 16.2 Å². The lowest BCUT2D eigenvalue weighted by Gasteiger charge is -2.34. The van der Waals surface area contributed by atoms with Gasteiger partial charge < -0.3 is 10.6 Å². The second-order valence-electron chi connectivity index (χ2n) is 8.53. The minimum absolute atomic E-state index is 0.0800. The van der Waals surface area contributed by atoms with Crippen LogP contribution in [0.3, 0.4) is 0 Å². The fourth-order valence-electron chi connectivity index (χ4n) is 4.05. The third kappa shape index (κ3) is 3.26. The molecule has 2 atom stereocenters. The number of benzene rings is 1. The molecule has 1 aliphatic heterocycles. The molecule has 0 saturated carbocycles. The van der Waals surface area contributed by atoms with Crippen molar-refractivity contribution in [1.82, 2.24) is 5.32 Å². The Morgan fingerprint density at radius 3 is 2.71 bits per heavy atom. The minimum Gasteiger partial charge on any atom is -0.353 e. The molecule has 2 aromatic rings. The maximum Gasteiger partial charge on any atom is 0.288 e. The highest BCUT2D eigenvalue weighted by Gasteiger charge is 2.36. The number of rotatable bonds is 2. The van der Waals surface area contributed by atoms with Crippen LogP contribution < -0.4 is 10.6 Å². The first-order valence-corrected chi connectivity index (χ1v) is 10.5. The van der Waals surface area contributed by atoms with Gasteiger partial charge in [-0.3, -0.25) is 14.9 Å². The van der Waals surface area contributed by atoms with Gasteiger partial charge in [-0.2, -0.15) is 0 Å². The Hall–Kier alpha value is -2.12. The largest absolute Gasteiger partial charge is 0.353 e. The van der Waals surface area contributed by atoms with Crippen molar-refractivity contribution < 1.29 is 9.72 Å². The van der Waals surface area contributed by atoms with Crippen molar-refractivity contribution in [2.24, 2.45) is 11.3 Å². The summed E-state index contributed by atoms with van der Waals surface area (Å²) in [4.78, 5) is 24.8. The standard InChI is InChI=1S/C20H22ClN3O3S/c1-20(2,3)11-5-6-12-15(9-11)28-19-16(12)18(25)22-17(23-19)10-4-7-13(21)14(8-10)24(26)27/h4,7-8,11,17,23H,5-6,9H2,1-3H3,(H,22,25). The van der Waals surface area contributed by atoms with Gasteiger partial charge in [-0.1, -0.05) is 38.4 Å². The van der Waals surface area contributed by atoms with Gasteiger partial charge in [0.2, 0.25) is 0 Å². The summed E-state index contributed by atoms with van der Waals surface area (Å²) in [7, 11) is 0. The number of carbonyl (C=O) groups excluding carboxylic acids is 1. The summed E-state index contributed by atoms with van der Waals surface area (Å²) in [5.41, 5.74) is 2.58. The molecule has 1 aromatic carbocycles. The number of halogens is 1. The van der Waals surface area contributed by atoms with Gasteiger partial charge >= 0.3 is 0 Å². The molecule has 0 fully saturated rings. The molecule has 6 nitrogen and oxygen atoms in total. The molecule has 148 valence electrons. The van der Waals surface area contributed by atoms with Crippen LogP contribution in [0.15, 0.2) is 18.2 Å². The van der Waals surface area contributed by atoms with Crippen molar-refractivity contribution in [3.63, 3.8) is 0 Å². The summed E-state index contributed by atoms with van der Waals surface area (Å²) in [5, 5.41) is 18.4. The number of nitro benzene ring substituents is 1. The Bertz CT molecular complexity index is 980. The van der Waals surface area contributed by atoms with Crippen LogP contribution in [0.5, 0.6) is 0 Å². The van der Waals surface area contributed by atoms with Crippen molar-refractivity contribution in [2.75, 3.05) is 5.32 Å². The molecule has 0 bridgehead atoms. The maximum absolute atomic E-state index is 12.9. The van der Waals surface area contributed by atoms with Gasteiger partial charge in [0.15, 0.2) is 0 Å². The molecule has 1 aliphatic carbocycles. The van der Waals surface area contributed by atoms with E-state index in [4.69, 9.17) is 11.6 Å². The molecule has 8 heteroatoms. The monoisotopic (exact) mass is 419 g/mol. The van der Waals surface area contributed by atoms with Crippen molar-refractivity contribution in [3.05, 3.63) is 54.9 Å². The van der Waals surface area contributed by atoms with E-state index in [1.54, 1.807) is 17.4 Å². The van der Waals surface area contributed by atoms with E-state index in [0.717, 1.165) is 35.4 Å². The number of anilines is 1. The summed E-state index contributed by atoms with van der Waals surface area (Å²) >= 11 is 7.55. The summed E-state index contributed by atoms with van der Waals surface area (Å²) in [6.07, 6.45) is 2.46. The average molecular weight is 420 g/mol. The zero-order valence-corrected chi connectivity index (χ0v) is 17.5. The Balaban J connectivity index is 1.65. The van der Waals surface area contributed by atoms with Crippen molar-refractivity contribution in [1.29, 1.82) is 0 Å². The fraction of sp³-hybridized carbons (Fsp3) is 0.450. The first-order chi connectivity index (χ1) is 13.1. The highest BCUT2D eigenvalue weighted by molar-refractivity contribution is 7.16. The van der Waals surface area contributed by atoms with Crippen LogP contribution in [0.4, 0.5) is 10.7 Å². The average Bonchev–Trinajstić information content (AvgIpc) is 2.99. The molecule has 0 radical (unpaired) electrons. The maximum atomic E-state index is 12.9. The van der Waals surface area contributed by atoms with Crippen LogP contribution in [0, 0.1) is 21.4 Å². The number of nitrogens with zero attached hydrogens (tertiary/aromatic N) is 1. The number of fused-ring (bicyclic) bond motifs is 3. The number of thiophene rings is 1. The fourth-order valence-corrected chi connectivity index (χ4v) is 5.59. The Labute approximate surface area is 172 Å². The molecule has 1 amide bonds. The molecule has 2 heterocycles. The van der Waals surface area contributed by atoms with E-state index in [-0.39, 0.29) is 22.0 Å². The molecule has 2 aliphatic rings. The predicted octanol–water partition coefficient (Wildman–Crippen LogP) is 5.31. The van der Waals surface area contributed by atoms with Gasteiger partial charge in [-0.25, -0.2) is 0 Å². The first kappa shape index (κ1) is 19.2. The highest BCUT2D eigenvalue weighted by atomic mass is 35.5. The lowest BCUT2D eigenvalue weighted by Crippen LogP contribution is -2.38. The van der Waals surface area contributed by atoms with Crippen molar-refractivity contribution >= 4 is 39.5 Å². The number of hydrogen-bond acceptors (Lipinski definition) is 5. The highest BCUT2D eigenvalue weighted by Crippen LogP contribution is 2.46. The lowest BCUT2D eigenvalue weighted by atomic mass is 9.72. The zero-order valence-electron chi connectivity index (χ0n) is 16.0. The lowest BCUT2D eigenvalue weighted by molar-refractivity contribution is -0.384. The summed E-state index contributed by atoms with van der Waals surface area (Å²) in [6, 6.07) is 4.60. The smallest absolute Gasteiger partial charge is 0.288 e. The third-order valence-electron chi connectivity index (χ3n) is 5.77. The van der Waals surface area contributed by atoms with E-state index < -0.39 is 11.1 Å². The van der Waals surface area contributed by atoms with Gasteiger partial charge in [0.25, 0.3) is 11.6 Å². The second-order valence-corrected chi connectivity index (χ2v) is 10.0. The van der Waals surface area contributed by atoms with E-state index >= 15 is 0 Å². The molecule has 1 aromatic heterocycles. The van der Waals surface area contributed by atoms with Crippen LogP contribution in [0.1, 0.15) is 59.7 Å². The molecular formula is C20H22ClN3O3S. The Kier molecular flexibility index (Phi) is 4.62. The number of amides is 1. The summed E-state index contributed by atoms with van der Waals surface area (Å²) in [6.45, 7) is 6.81.